The molecule has 0 bridgehead atoms. The molecule has 1 N–H and O–H groups in total. The number of hydrogen-bond donors (Lipinski definition) is 1. The Labute approximate surface area is 141 Å². The van der Waals surface area contributed by atoms with E-state index in [0.29, 0.717) is 23.7 Å². The van der Waals surface area contributed by atoms with Crippen LogP contribution in [0.15, 0.2) is 18.2 Å². The normalized spacial score (nSPS) is 18.0. The van der Waals surface area contributed by atoms with Gasteiger partial charge in [-0.3, -0.25) is 9.69 Å². The van der Waals surface area contributed by atoms with Gasteiger partial charge in [-0.1, -0.05) is 17.7 Å². The number of ether oxygens (including phenoxy) is 1. The van der Waals surface area contributed by atoms with E-state index in [4.69, 9.17) is 16.3 Å². The third-order valence-electron chi connectivity index (χ3n) is 3.62. The second-order valence-electron chi connectivity index (χ2n) is 6.78. The van der Waals surface area contributed by atoms with Crippen LogP contribution in [0.2, 0.25) is 5.02 Å². The van der Waals surface area contributed by atoms with Gasteiger partial charge < -0.3 is 10.1 Å². The molecule has 1 atom stereocenters. The van der Waals surface area contributed by atoms with Crippen LogP contribution in [0.5, 0.6) is 0 Å². The number of nitrogens with one attached hydrogen (secondary N) is 1. The number of benzene rings is 1. The first kappa shape index (κ1) is 17.6. The molecule has 126 valence electrons. The van der Waals surface area contributed by atoms with Crippen molar-refractivity contribution in [1.82, 2.24) is 4.90 Å². The standard InChI is InChI=1S/C17H23ClN2O3/c1-11-7-8-12(10-13(11)18)19-15(21)14-6-5-9-20(14)16(22)23-17(2,3)4/h7-8,10,14H,5-6,9H2,1-4H3,(H,19,21)/t14-/m1/s1. The highest BCUT2D eigenvalue weighted by molar-refractivity contribution is 6.31. The van der Waals surface area contributed by atoms with Gasteiger partial charge in [-0.2, -0.15) is 0 Å². The lowest BCUT2D eigenvalue weighted by molar-refractivity contribution is -0.120. The number of hydrogen-bond acceptors (Lipinski definition) is 3. The second-order valence-corrected chi connectivity index (χ2v) is 7.19. The lowest BCUT2D eigenvalue weighted by atomic mass is 10.2. The molecular formula is C17H23ClN2O3. The van der Waals surface area contributed by atoms with Crippen molar-refractivity contribution in [2.45, 2.75) is 52.2 Å². The summed E-state index contributed by atoms with van der Waals surface area (Å²) in [7, 11) is 0. The van der Waals surface area contributed by atoms with Crippen LogP contribution in [0.25, 0.3) is 0 Å². The molecule has 0 aliphatic carbocycles. The van der Waals surface area contributed by atoms with Crippen LogP contribution in [0.3, 0.4) is 0 Å². The Morgan fingerprint density at radius 1 is 1.35 bits per heavy atom. The average Bonchev–Trinajstić information content (AvgIpc) is 2.90. The summed E-state index contributed by atoms with van der Waals surface area (Å²) in [5.74, 6) is -0.215. The van der Waals surface area contributed by atoms with E-state index in [9.17, 15) is 9.59 Å². The van der Waals surface area contributed by atoms with Crippen molar-refractivity contribution >= 4 is 29.3 Å². The van der Waals surface area contributed by atoms with Crippen LogP contribution in [0, 0.1) is 6.92 Å². The van der Waals surface area contributed by atoms with Crippen molar-refractivity contribution in [1.29, 1.82) is 0 Å². The van der Waals surface area contributed by atoms with Gasteiger partial charge in [0, 0.05) is 17.3 Å². The fourth-order valence-electron chi connectivity index (χ4n) is 2.47. The maximum Gasteiger partial charge on any atom is 0.410 e. The van der Waals surface area contributed by atoms with Gasteiger partial charge in [-0.05, 0) is 58.2 Å². The minimum absolute atomic E-state index is 0.215. The maximum atomic E-state index is 12.5. The van der Waals surface area contributed by atoms with Crippen molar-refractivity contribution in [3.8, 4) is 0 Å². The van der Waals surface area contributed by atoms with Gasteiger partial charge in [-0.25, -0.2) is 4.79 Å². The van der Waals surface area contributed by atoms with Gasteiger partial charge in [0.2, 0.25) is 5.91 Å². The van der Waals surface area contributed by atoms with E-state index in [1.54, 1.807) is 12.1 Å². The molecule has 0 saturated carbocycles. The highest BCUT2D eigenvalue weighted by Gasteiger charge is 2.36. The molecule has 5 nitrogen and oxygen atoms in total. The number of carbonyl (C=O) groups excluding carboxylic acids is 2. The van der Waals surface area contributed by atoms with E-state index in [0.717, 1.165) is 12.0 Å². The molecule has 0 radical (unpaired) electrons. The molecule has 1 aromatic rings. The average molecular weight is 339 g/mol. The van der Waals surface area contributed by atoms with E-state index in [2.05, 4.69) is 5.32 Å². The number of aryl methyl sites for hydroxylation is 1. The fourth-order valence-corrected chi connectivity index (χ4v) is 2.66. The zero-order valence-corrected chi connectivity index (χ0v) is 14.7. The smallest absolute Gasteiger partial charge is 0.410 e. The summed E-state index contributed by atoms with van der Waals surface area (Å²) in [5, 5.41) is 3.42. The topological polar surface area (TPSA) is 58.6 Å². The number of halogens is 1. The predicted octanol–water partition coefficient (Wildman–Crippen LogP) is 3.99. The number of likely N-dealkylation sites (tertiary alicyclic amines) is 1. The Hall–Kier alpha value is -1.75. The molecule has 1 heterocycles. The fraction of sp³-hybridized carbons (Fsp3) is 0.529. The molecule has 1 aromatic carbocycles. The number of nitrogens with zero attached hydrogens (tertiary/aromatic N) is 1. The molecule has 6 heteroatoms. The molecule has 1 fully saturated rings. The van der Waals surface area contributed by atoms with E-state index < -0.39 is 17.7 Å². The highest BCUT2D eigenvalue weighted by atomic mass is 35.5. The third-order valence-corrected chi connectivity index (χ3v) is 4.03. The lowest BCUT2D eigenvalue weighted by Crippen LogP contribution is -2.45. The van der Waals surface area contributed by atoms with Gasteiger partial charge in [-0.15, -0.1) is 0 Å². The van der Waals surface area contributed by atoms with Crippen molar-refractivity contribution in [2.75, 3.05) is 11.9 Å². The minimum atomic E-state index is -0.578. The largest absolute Gasteiger partial charge is 0.444 e. The van der Waals surface area contributed by atoms with Crippen molar-refractivity contribution in [3.05, 3.63) is 28.8 Å². The Morgan fingerprint density at radius 2 is 2.04 bits per heavy atom. The van der Waals surface area contributed by atoms with Crippen LogP contribution >= 0.6 is 11.6 Å². The molecule has 2 amide bonds. The van der Waals surface area contributed by atoms with Gasteiger partial charge >= 0.3 is 6.09 Å². The van der Waals surface area contributed by atoms with E-state index >= 15 is 0 Å². The van der Waals surface area contributed by atoms with E-state index in [-0.39, 0.29) is 5.91 Å². The predicted molar refractivity (Wildman–Crippen MR) is 90.8 cm³/mol. The highest BCUT2D eigenvalue weighted by Crippen LogP contribution is 2.24. The second kappa shape index (κ2) is 6.79. The lowest BCUT2D eigenvalue weighted by Gasteiger charge is -2.28. The zero-order valence-electron chi connectivity index (χ0n) is 14.0. The Kier molecular flexibility index (Phi) is 5.19. The molecule has 0 spiro atoms. The molecule has 1 saturated heterocycles. The molecule has 23 heavy (non-hydrogen) atoms. The summed E-state index contributed by atoms with van der Waals surface area (Å²) in [6.07, 6.45) is 0.966. The van der Waals surface area contributed by atoms with E-state index in [1.165, 1.54) is 4.90 Å². The zero-order chi connectivity index (χ0) is 17.2. The SMILES string of the molecule is Cc1ccc(NC(=O)[C@H]2CCCN2C(=O)OC(C)(C)C)cc1Cl. The number of rotatable bonds is 2. The first-order chi connectivity index (χ1) is 10.7. The monoisotopic (exact) mass is 338 g/mol. The van der Waals surface area contributed by atoms with Gasteiger partial charge in [0.1, 0.15) is 11.6 Å². The quantitative estimate of drug-likeness (QED) is 0.887. The number of carbonyl (C=O) groups is 2. The minimum Gasteiger partial charge on any atom is -0.444 e. The van der Waals surface area contributed by atoms with Crippen LogP contribution in [-0.2, 0) is 9.53 Å². The Bertz CT molecular complexity index is 610. The maximum absolute atomic E-state index is 12.5. The molecule has 0 aromatic heterocycles. The molecular weight excluding hydrogens is 316 g/mol. The molecule has 2 rings (SSSR count). The molecule has 0 unspecified atom stereocenters. The van der Waals surface area contributed by atoms with E-state index in [1.807, 2.05) is 33.8 Å². The molecule has 1 aliphatic rings. The van der Waals surface area contributed by atoms with Crippen LogP contribution in [-0.4, -0.2) is 35.1 Å². The number of anilines is 1. The van der Waals surface area contributed by atoms with Crippen molar-refractivity contribution < 1.29 is 14.3 Å². The molecule has 1 aliphatic heterocycles. The van der Waals surface area contributed by atoms with Gasteiger partial charge in [0.05, 0.1) is 0 Å². The number of amides is 2. The van der Waals surface area contributed by atoms with Crippen LogP contribution < -0.4 is 5.32 Å². The van der Waals surface area contributed by atoms with Gasteiger partial charge in [0.25, 0.3) is 0 Å². The van der Waals surface area contributed by atoms with Gasteiger partial charge in [0.15, 0.2) is 0 Å². The summed E-state index contributed by atoms with van der Waals surface area (Å²) < 4.78 is 5.37. The van der Waals surface area contributed by atoms with Crippen LogP contribution in [0.1, 0.15) is 39.2 Å². The Balaban J connectivity index is 2.05. The first-order valence-corrected chi connectivity index (χ1v) is 8.12. The van der Waals surface area contributed by atoms with Crippen molar-refractivity contribution in [2.24, 2.45) is 0 Å². The first-order valence-electron chi connectivity index (χ1n) is 7.74. The summed E-state index contributed by atoms with van der Waals surface area (Å²) in [6, 6.07) is 4.84. The van der Waals surface area contributed by atoms with Crippen molar-refractivity contribution in [3.63, 3.8) is 0 Å². The summed E-state index contributed by atoms with van der Waals surface area (Å²) >= 11 is 6.07. The van der Waals surface area contributed by atoms with Crippen LogP contribution in [0.4, 0.5) is 10.5 Å². The Morgan fingerprint density at radius 3 is 2.65 bits per heavy atom. The summed E-state index contributed by atoms with van der Waals surface area (Å²) in [5.41, 5.74) is 0.994. The summed E-state index contributed by atoms with van der Waals surface area (Å²) in [6.45, 7) is 7.86. The third kappa shape index (κ3) is 4.61. The summed E-state index contributed by atoms with van der Waals surface area (Å²) in [4.78, 5) is 26.2.